The predicted molar refractivity (Wildman–Crippen MR) is 90.8 cm³/mol. The number of anilines is 4. The van der Waals surface area contributed by atoms with Crippen LogP contribution in [0.2, 0.25) is 5.02 Å². The maximum absolute atomic E-state index is 13.7. The Hall–Kier alpha value is -3.00. The van der Waals surface area contributed by atoms with E-state index in [2.05, 4.69) is 25.8 Å². The van der Waals surface area contributed by atoms with Crippen LogP contribution in [0.4, 0.5) is 31.9 Å². The minimum Gasteiger partial charge on any atom is -0.495 e. The highest BCUT2D eigenvalue weighted by Gasteiger charge is 2.08. The molecule has 0 aliphatic rings. The summed E-state index contributed by atoms with van der Waals surface area (Å²) in [5.74, 6) is -0.476. The van der Waals surface area contributed by atoms with E-state index in [4.69, 9.17) is 16.3 Å². The molecule has 2 aromatic carbocycles. The lowest BCUT2D eigenvalue weighted by atomic mass is 10.3. The number of hydrogen-bond acceptors (Lipinski definition) is 6. The number of hydrogen-bond donors (Lipinski definition) is 2. The summed E-state index contributed by atoms with van der Waals surface area (Å²) in [6, 6.07) is 8.25. The van der Waals surface area contributed by atoms with Gasteiger partial charge < -0.3 is 15.4 Å². The van der Waals surface area contributed by atoms with E-state index < -0.39 is 11.6 Å². The molecule has 3 rings (SSSR count). The van der Waals surface area contributed by atoms with Crippen LogP contribution < -0.4 is 15.4 Å². The van der Waals surface area contributed by atoms with Gasteiger partial charge in [-0.05, 0) is 30.3 Å². The number of halogens is 3. The molecule has 3 aromatic rings. The minimum absolute atomic E-state index is 0.0350. The number of rotatable bonds is 5. The molecule has 0 bridgehead atoms. The molecule has 0 radical (unpaired) electrons. The molecule has 0 spiro atoms. The fraction of sp³-hybridized carbons (Fsp3) is 0.0625. The van der Waals surface area contributed by atoms with Crippen molar-refractivity contribution < 1.29 is 13.5 Å². The van der Waals surface area contributed by atoms with Gasteiger partial charge in [0.1, 0.15) is 17.4 Å². The summed E-state index contributed by atoms with van der Waals surface area (Å²) in [5, 5.41) is 13.6. The number of ether oxygens (including phenoxy) is 1. The van der Waals surface area contributed by atoms with Gasteiger partial charge in [-0.25, -0.2) is 8.78 Å². The van der Waals surface area contributed by atoms with Crippen LogP contribution in [0.5, 0.6) is 5.75 Å². The Kier molecular flexibility index (Phi) is 4.90. The van der Waals surface area contributed by atoms with Gasteiger partial charge in [0.05, 0.1) is 24.0 Å². The summed E-state index contributed by atoms with van der Waals surface area (Å²) in [7, 11) is 1.52. The van der Waals surface area contributed by atoms with Crippen molar-refractivity contribution in [1.29, 1.82) is 0 Å². The summed E-state index contributed by atoms with van der Waals surface area (Å²) in [6.45, 7) is 0. The Morgan fingerprint density at radius 2 is 1.92 bits per heavy atom. The molecule has 0 aliphatic heterocycles. The fourth-order valence-electron chi connectivity index (χ4n) is 2.02. The molecule has 0 fully saturated rings. The van der Waals surface area contributed by atoms with Crippen molar-refractivity contribution in [3.8, 4) is 5.75 Å². The van der Waals surface area contributed by atoms with Gasteiger partial charge in [-0.3, -0.25) is 0 Å². The van der Waals surface area contributed by atoms with E-state index >= 15 is 0 Å². The zero-order valence-corrected chi connectivity index (χ0v) is 13.7. The lowest BCUT2D eigenvalue weighted by molar-refractivity contribution is 0.415. The Bertz CT molecular complexity index is 909. The second kappa shape index (κ2) is 7.27. The van der Waals surface area contributed by atoms with Crippen LogP contribution in [0.15, 0.2) is 42.6 Å². The van der Waals surface area contributed by atoms with Crippen LogP contribution >= 0.6 is 11.6 Å². The molecule has 1 heterocycles. The van der Waals surface area contributed by atoms with Gasteiger partial charge >= 0.3 is 0 Å². The van der Waals surface area contributed by atoms with Crippen LogP contribution in [0.25, 0.3) is 0 Å². The maximum atomic E-state index is 13.7. The maximum Gasteiger partial charge on any atom is 0.249 e. The third-order valence-electron chi connectivity index (χ3n) is 3.16. The van der Waals surface area contributed by atoms with Crippen molar-refractivity contribution in [2.45, 2.75) is 0 Å². The third-order valence-corrected chi connectivity index (χ3v) is 3.46. The van der Waals surface area contributed by atoms with E-state index in [-0.39, 0.29) is 11.6 Å². The molecule has 0 amide bonds. The van der Waals surface area contributed by atoms with Crippen LogP contribution in [-0.2, 0) is 0 Å². The molecule has 2 N–H and O–H groups in total. The molecule has 0 unspecified atom stereocenters. The largest absolute Gasteiger partial charge is 0.495 e. The molecule has 128 valence electrons. The number of methoxy groups -OCH3 is 1. The van der Waals surface area contributed by atoms with Crippen molar-refractivity contribution in [3.63, 3.8) is 0 Å². The third kappa shape index (κ3) is 4.10. The quantitative estimate of drug-likeness (QED) is 0.704. The molecule has 25 heavy (non-hydrogen) atoms. The first-order chi connectivity index (χ1) is 12.0. The van der Waals surface area contributed by atoms with Crippen LogP contribution in [0.3, 0.4) is 0 Å². The first kappa shape index (κ1) is 16.8. The van der Waals surface area contributed by atoms with Crippen molar-refractivity contribution in [2.24, 2.45) is 0 Å². The molecule has 0 aliphatic carbocycles. The molecule has 0 atom stereocenters. The molecule has 6 nitrogen and oxygen atoms in total. The molecule has 0 saturated carbocycles. The zero-order chi connectivity index (χ0) is 17.8. The van der Waals surface area contributed by atoms with E-state index in [9.17, 15) is 8.78 Å². The molecule has 9 heteroatoms. The molecular formula is C16H12ClF2N5O. The summed E-state index contributed by atoms with van der Waals surface area (Å²) in [6.07, 6.45) is 1.39. The number of nitrogens with zero attached hydrogens (tertiary/aromatic N) is 3. The van der Waals surface area contributed by atoms with Crippen LogP contribution in [0, 0.1) is 11.6 Å². The fourth-order valence-corrected chi connectivity index (χ4v) is 2.28. The number of nitrogens with one attached hydrogen (secondary N) is 2. The van der Waals surface area contributed by atoms with Gasteiger partial charge in [-0.15, -0.1) is 5.10 Å². The monoisotopic (exact) mass is 363 g/mol. The van der Waals surface area contributed by atoms with Gasteiger partial charge in [0, 0.05) is 11.8 Å². The molecule has 1 aromatic heterocycles. The first-order valence-electron chi connectivity index (χ1n) is 7.07. The lowest BCUT2D eigenvalue weighted by Crippen LogP contribution is -2.03. The average molecular weight is 364 g/mol. The normalized spacial score (nSPS) is 10.4. The minimum atomic E-state index is -0.760. The standard InChI is InChI=1S/C16H12ClF2N5O/c1-25-14-5-3-10(7-11(14)17)21-15-8-20-24-16(23-15)22-13-4-2-9(18)6-12(13)19/h2-8H,1H3,(H2,21,22,23,24). The van der Waals surface area contributed by atoms with Crippen molar-refractivity contribution in [1.82, 2.24) is 15.2 Å². The second-order valence-electron chi connectivity index (χ2n) is 4.89. The highest BCUT2D eigenvalue weighted by Crippen LogP contribution is 2.28. The second-order valence-corrected chi connectivity index (χ2v) is 5.30. The van der Waals surface area contributed by atoms with E-state index in [0.29, 0.717) is 22.3 Å². The summed E-state index contributed by atoms with van der Waals surface area (Å²) in [4.78, 5) is 4.17. The summed E-state index contributed by atoms with van der Waals surface area (Å²) < 4.78 is 31.7. The first-order valence-corrected chi connectivity index (χ1v) is 7.45. The smallest absolute Gasteiger partial charge is 0.249 e. The van der Waals surface area contributed by atoms with Gasteiger partial charge in [0.25, 0.3) is 0 Å². The van der Waals surface area contributed by atoms with E-state index in [0.717, 1.165) is 12.1 Å². The zero-order valence-electron chi connectivity index (χ0n) is 12.9. The topological polar surface area (TPSA) is 72.0 Å². The average Bonchev–Trinajstić information content (AvgIpc) is 2.58. The summed E-state index contributed by atoms with van der Waals surface area (Å²) >= 11 is 6.07. The number of benzene rings is 2. The van der Waals surface area contributed by atoms with E-state index in [1.54, 1.807) is 18.2 Å². The predicted octanol–water partition coefficient (Wildman–Crippen LogP) is 4.30. The van der Waals surface area contributed by atoms with Gasteiger partial charge in [-0.2, -0.15) is 10.1 Å². The van der Waals surface area contributed by atoms with Crippen molar-refractivity contribution in [2.75, 3.05) is 17.7 Å². The SMILES string of the molecule is COc1ccc(Nc2cnnc(Nc3ccc(F)cc3F)n2)cc1Cl. The van der Waals surface area contributed by atoms with Crippen molar-refractivity contribution >= 4 is 34.7 Å². The van der Waals surface area contributed by atoms with E-state index in [1.807, 2.05) is 0 Å². The molecule has 0 saturated heterocycles. The van der Waals surface area contributed by atoms with Crippen molar-refractivity contribution in [3.05, 3.63) is 59.3 Å². The Morgan fingerprint density at radius 3 is 2.64 bits per heavy atom. The highest BCUT2D eigenvalue weighted by atomic mass is 35.5. The highest BCUT2D eigenvalue weighted by molar-refractivity contribution is 6.32. The lowest BCUT2D eigenvalue weighted by Gasteiger charge is -2.09. The van der Waals surface area contributed by atoms with Gasteiger partial charge in [-0.1, -0.05) is 11.6 Å². The van der Waals surface area contributed by atoms with Crippen LogP contribution in [0.1, 0.15) is 0 Å². The molecular weight excluding hydrogens is 352 g/mol. The Morgan fingerprint density at radius 1 is 1.08 bits per heavy atom. The van der Waals surface area contributed by atoms with Gasteiger partial charge in [0.15, 0.2) is 5.82 Å². The Balaban J connectivity index is 1.78. The van der Waals surface area contributed by atoms with Gasteiger partial charge in [0.2, 0.25) is 5.95 Å². The summed E-state index contributed by atoms with van der Waals surface area (Å²) in [5.41, 5.74) is 0.693. The Labute approximate surface area is 146 Å². The van der Waals surface area contributed by atoms with Crippen LogP contribution in [-0.4, -0.2) is 22.3 Å². The van der Waals surface area contributed by atoms with E-state index in [1.165, 1.54) is 19.4 Å². The number of aromatic nitrogens is 3.